The zero-order chi connectivity index (χ0) is 15.1. The number of carbonyl (C=O) groups is 1. The molecule has 2 rings (SSSR count). The van der Waals surface area contributed by atoms with E-state index in [-0.39, 0.29) is 12.1 Å². The number of hydrogen-bond acceptors (Lipinski definition) is 5. The van der Waals surface area contributed by atoms with E-state index in [2.05, 4.69) is 5.32 Å². The third-order valence-corrected chi connectivity index (χ3v) is 4.28. The van der Waals surface area contributed by atoms with Gasteiger partial charge in [-0.15, -0.1) is 0 Å². The van der Waals surface area contributed by atoms with E-state index >= 15 is 0 Å². The molecule has 0 aromatic heterocycles. The van der Waals surface area contributed by atoms with Gasteiger partial charge >= 0.3 is 5.97 Å². The summed E-state index contributed by atoms with van der Waals surface area (Å²) in [5.74, 6) is -0.176. The van der Waals surface area contributed by atoms with Crippen LogP contribution in [0.3, 0.4) is 0 Å². The Bertz CT molecular complexity index is 326. The molecule has 1 saturated heterocycles. The van der Waals surface area contributed by atoms with Gasteiger partial charge in [0.1, 0.15) is 5.54 Å². The van der Waals surface area contributed by atoms with E-state index < -0.39 is 5.54 Å². The number of rotatable bonds is 9. The van der Waals surface area contributed by atoms with Crippen molar-refractivity contribution in [1.29, 1.82) is 0 Å². The normalized spacial score (nSPS) is 25.3. The van der Waals surface area contributed by atoms with Crippen molar-refractivity contribution >= 4 is 5.97 Å². The second-order valence-electron chi connectivity index (χ2n) is 6.41. The molecule has 1 saturated carbocycles. The first-order chi connectivity index (χ1) is 10.1. The molecule has 1 aliphatic heterocycles. The minimum Gasteiger partial charge on any atom is -0.468 e. The maximum atomic E-state index is 12.0. The molecule has 0 radical (unpaired) electrons. The molecule has 2 aliphatic rings. The Kier molecular flexibility index (Phi) is 6.45. The van der Waals surface area contributed by atoms with Gasteiger partial charge in [0.05, 0.1) is 19.8 Å². The average molecular weight is 299 g/mol. The van der Waals surface area contributed by atoms with E-state index in [1.165, 1.54) is 20.0 Å². The molecular weight excluding hydrogens is 270 g/mol. The van der Waals surface area contributed by atoms with Crippen molar-refractivity contribution in [2.24, 2.45) is 0 Å². The third kappa shape index (κ3) is 5.57. The van der Waals surface area contributed by atoms with Gasteiger partial charge in [-0.3, -0.25) is 10.1 Å². The number of methoxy groups -OCH3 is 1. The van der Waals surface area contributed by atoms with Crippen LogP contribution in [-0.4, -0.2) is 50.6 Å². The summed E-state index contributed by atoms with van der Waals surface area (Å²) in [7, 11) is 1.45. The Labute approximate surface area is 127 Å². The molecule has 0 amide bonds. The quantitative estimate of drug-likeness (QED) is 0.521. The maximum Gasteiger partial charge on any atom is 0.325 e. The number of esters is 1. The molecule has 1 heterocycles. The van der Waals surface area contributed by atoms with Crippen molar-refractivity contribution in [2.45, 2.75) is 69.6 Å². The average Bonchev–Trinajstić information content (AvgIpc) is 3.31. The Hall–Kier alpha value is -0.650. The lowest BCUT2D eigenvalue weighted by atomic mass is 9.96. The summed E-state index contributed by atoms with van der Waals surface area (Å²) in [6.07, 6.45) is 7.66. The lowest BCUT2D eigenvalue weighted by Crippen LogP contribution is -2.51. The van der Waals surface area contributed by atoms with Gasteiger partial charge in [-0.25, -0.2) is 0 Å². The fourth-order valence-corrected chi connectivity index (χ4v) is 2.82. The van der Waals surface area contributed by atoms with Crippen LogP contribution < -0.4 is 5.32 Å². The van der Waals surface area contributed by atoms with Crippen molar-refractivity contribution in [3.63, 3.8) is 0 Å². The highest BCUT2D eigenvalue weighted by Gasteiger charge is 2.38. The molecule has 122 valence electrons. The van der Waals surface area contributed by atoms with Gasteiger partial charge in [0.15, 0.2) is 0 Å². The zero-order valence-corrected chi connectivity index (χ0v) is 13.4. The highest BCUT2D eigenvalue weighted by molar-refractivity contribution is 5.80. The smallest absolute Gasteiger partial charge is 0.325 e. The van der Waals surface area contributed by atoms with Gasteiger partial charge in [0, 0.05) is 19.3 Å². The standard InChI is InChI=1S/C16H29NO4/c1-16(15(18)19-2,17-13-7-8-13)9-5-10-20-12-14-6-3-4-11-21-14/h13-14,17H,3-12H2,1-2H3. The minimum absolute atomic E-state index is 0.176. The summed E-state index contributed by atoms with van der Waals surface area (Å²) in [6, 6.07) is 0.477. The lowest BCUT2D eigenvalue weighted by molar-refractivity contribution is -0.148. The van der Waals surface area contributed by atoms with Crippen LogP contribution in [0, 0.1) is 0 Å². The predicted octanol–water partition coefficient (Wildman–Crippen LogP) is 2.04. The molecule has 2 atom stereocenters. The van der Waals surface area contributed by atoms with Crippen molar-refractivity contribution < 1.29 is 19.0 Å². The number of hydrogen-bond donors (Lipinski definition) is 1. The maximum absolute atomic E-state index is 12.0. The minimum atomic E-state index is -0.583. The summed E-state index contributed by atoms with van der Waals surface area (Å²) in [5.41, 5.74) is -0.583. The number of nitrogens with one attached hydrogen (secondary N) is 1. The topological polar surface area (TPSA) is 56.8 Å². The van der Waals surface area contributed by atoms with Crippen LogP contribution in [-0.2, 0) is 19.0 Å². The molecule has 21 heavy (non-hydrogen) atoms. The third-order valence-electron chi connectivity index (χ3n) is 4.28. The Morgan fingerprint density at radius 2 is 2.14 bits per heavy atom. The van der Waals surface area contributed by atoms with Crippen LogP contribution in [0.25, 0.3) is 0 Å². The van der Waals surface area contributed by atoms with E-state index in [0.717, 1.165) is 38.7 Å². The number of ether oxygens (including phenoxy) is 3. The molecule has 0 bridgehead atoms. The molecule has 5 nitrogen and oxygen atoms in total. The van der Waals surface area contributed by atoms with Crippen LogP contribution in [0.1, 0.15) is 51.9 Å². The molecule has 0 aromatic rings. The first kappa shape index (κ1) is 16.7. The SMILES string of the molecule is COC(=O)C(C)(CCCOCC1CCCCO1)NC1CC1. The molecule has 0 aromatic carbocycles. The van der Waals surface area contributed by atoms with E-state index in [1.807, 2.05) is 6.92 Å². The van der Waals surface area contributed by atoms with Crippen molar-refractivity contribution in [3.8, 4) is 0 Å². The van der Waals surface area contributed by atoms with Crippen LogP contribution in [0.2, 0.25) is 0 Å². The molecule has 5 heteroatoms. The first-order valence-corrected chi connectivity index (χ1v) is 8.19. The van der Waals surface area contributed by atoms with E-state index in [0.29, 0.717) is 19.3 Å². The van der Waals surface area contributed by atoms with Crippen LogP contribution >= 0.6 is 0 Å². The lowest BCUT2D eigenvalue weighted by Gasteiger charge is -2.28. The fourth-order valence-electron chi connectivity index (χ4n) is 2.82. The zero-order valence-electron chi connectivity index (χ0n) is 13.4. The monoisotopic (exact) mass is 299 g/mol. The van der Waals surface area contributed by atoms with Crippen LogP contribution in [0.4, 0.5) is 0 Å². The molecule has 1 N–H and O–H groups in total. The van der Waals surface area contributed by atoms with Gasteiger partial charge in [-0.05, 0) is 51.9 Å². The fraction of sp³-hybridized carbons (Fsp3) is 0.938. The molecule has 2 unspecified atom stereocenters. The highest BCUT2D eigenvalue weighted by atomic mass is 16.5. The summed E-state index contributed by atoms with van der Waals surface area (Å²) >= 11 is 0. The summed E-state index contributed by atoms with van der Waals surface area (Å²) < 4.78 is 16.3. The van der Waals surface area contributed by atoms with Gasteiger partial charge in [0.2, 0.25) is 0 Å². The number of carbonyl (C=O) groups excluding carboxylic acids is 1. The molecule has 2 fully saturated rings. The van der Waals surface area contributed by atoms with E-state index in [1.54, 1.807) is 0 Å². The summed E-state index contributed by atoms with van der Waals surface area (Å²) in [5, 5.41) is 3.40. The van der Waals surface area contributed by atoms with E-state index in [9.17, 15) is 4.79 Å². The molecule has 1 aliphatic carbocycles. The van der Waals surface area contributed by atoms with Crippen molar-refractivity contribution in [1.82, 2.24) is 5.32 Å². The predicted molar refractivity (Wildman–Crippen MR) is 80.2 cm³/mol. The Morgan fingerprint density at radius 1 is 1.33 bits per heavy atom. The summed E-state index contributed by atoms with van der Waals surface area (Å²) in [6.45, 7) is 4.13. The van der Waals surface area contributed by atoms with E-state index in [4.69, 9.17) is 14.2 Å². The Balaban J connectivity index is 1.63. The molecular formula is C16H29NO4. The largest absolute Gasteiger partial charge is 0.468 e. The van der Waals surface area contributed by atoms with Crippen LogP contribution in [0.5, 0.6) is 0 Å². The Morgan fingerprint density at radius 3 is 2.76 bits per heavy atom. The van der Waals surface area contributed by atoms with Crippen molar-refractivity contribution in [3.05, 3.63) is 0 Å². The van der Waals surface area contributed by atoms with Gasteiger partial charge in [-0.2, -0.15) is 0 Å². The van der Waals surface area contributed by atoms with Gasteiger partial charge in [-0.1, -0.05) is 0 Å². The first-order valence-electron chi connectivity index (χ1n) is 8.19. The highest BCUT2D eigenvalue weighted by Crippen LogP contribution is 2.25. The van der Waals surface area contributed by atoms with Gasteiger partial charge < -0.3 is 14.2 Å². The van der Waals surface area contributed by atoms with Crippen LogP contribution in [0.15, 0.2) is 0 Å². The second kappa shape index (κ2) is 8.11. The van der Waals surface area contributed by atoms with Crippen molar-refractivity contribution in [2.75, 3.05) is 26.9 Å². The molecule has 0 spiro atoms. The summed E-state index contributed by atoms with van der Waals surface area (Å²) in [4.78, 5) is 12.0. The second-order valence-corrected chi connectivity index (χ2v) is 6.41. The van der Waals surface area contributed by atoms with Gasteiger partial charge in [0.25, 0.3) is 0 Å².